The molecule has 4 nitrogen and oxygen atoms in total. The van der Waals surface area contributed by atoms with E-state index in [2.05, 4.69) is 4.90 Å². The smallest absolute Gasteiger partial charge is 0.226 e. The molecule has 1 amide bonds. The number of fused-ring (bicyclic) bond motifs is 2. The fraction of sp³-hybridized carbons (Fsp3) is 0.611. The fourth-order valence-corrected chi connectivity index (χ4v) is 6.28. The van der Waals surface area contributed by atoms with Gasteiger partial charge in [0.15, 0.2) is 9.84 Å². The standard InChI is InChI=1S/C18H23NO3S/c20-18(13-5-4-6-13)19-14-9-10-15(19)12-17(11-14)23(21,22)16-7-2-1-3-8-16/h1-3,7-8,13-15,17H,4-6,9-12H2/t14-,15-/m0/s1. The normalized spacial score (nSPS) is 31.0. The van der Waals surface area contributed by atoms with Crippen LogP contribution in [-0.4, -0.2) is 36.6 Å². The van der Waals surface area contributed by atoms with Crippen LogP contribution in [0.4, 0.5) is 0 Å². The van der Waals surface area contributed by atoms with Crippen molar-refractivity contribution in [2.75, 3.05) is 0 Å². The summed E-state index contributed by atoms with van der Waals surface area (Å²) in [6, 6.07) is 9.01. The molecule has 2 atom stereocenters. The van der Waals surface area contributed by atoms with E-state index in [1.807, 2.05) is 6.07 Å². The van der Waals surface area contributed by atoms with Gasteiger partial charge in [0.05, 0.1) is 10.1 Å². The minimum atomic E-state index is -3.29. The summed E-state index contributed by atoms with van der Waals surface area (Å²) >= 11 is 0. The van der Waals surface area contributed by atoms with Crippen molar-refractivity contribution >= 4 is 15.7 Å². The molecule has 1 aromatic rings. The first kappa shape index (κ1) is 15.2. The minimum absolute atomic E-state index is 0.130. The van der Waals surface area contributed by atoms with Crippen LogP contribution >= 0.6 is 0 Å². The highest BCUT2D eigenvalue weighted by Crippen LogP contribution is 2.42. The number of piperidine rings is 1. The molecule has 0 radical (unpaired) electrons. The summed E-state index contributed by atoms with van der Waals surface area (Å²) in [5, 5.41) is -0.340. The van der Waals surface area contributed by atoms with E-state index in [0.29, 0.717) is 23.6 Å². The fourth-order valence-electron chi connectivity index (χ4n) is 4.41. The van der Waals surface area contributed by atoms with Gasteiger partial charge in [-0.2, -0.15) is 0 Å². The number of benzene rings is 1. The van der Waals surface area contributed by atoms with Crippen LogP contribution in [0.5, 0.6) is 0 Å². The predicted octanol–water partition coefficient (Wildman–Crippen LogP) is 2.78. The molecule has 3 aliphatic rings. The van der Waals surface area contributed by atoms with E-state index in [9.17, 15) is 13.2 Å². The van der Waals surface area contributed by atoms with Crippen LogP contribution in [0.1, 0.15) is 44.9 Å². The summed E-state index contributed by atoms with van der Waals surface area (Å²) < 4.78 is 25.8. The molecule has 2 aliphatic heterocycles. The van der Waals surface area contributed by atoms with E-state index in [4.69, 9.17) is 0 Å². The first-order valence-electron chi connectivity index (χ1n) is 8.68. The lowest BCUT2D eigenvalue weighted by atomic mass is 9.83. The van der Waals surface area contributed by atoms with Crippen molar-refractivity contribution in [2.24, 2.45) is 5.92 Å². The second-order valence-corrected chi connectivity index (χ2v) is 9.44. The Bertz CT molecular complexity index is 682. The third-order valence-electron chi connectivity index (χ3n) is 5.91. The molecule has 0 N–H and O–H groups in total. The highest BCUT2D eigenvalue weighted by atomic mass is 32.2. The van der Waals surface area contributed by atoms with Gasteiger partial charge in [0.1, 0.15) is 0 Å². The zero-order chi connectivity index (χ0) is 16.0. The van der Waals surface area contributed by atoms with Crippen molar-refractivity contribution < 1.29 is 13.2 Å². The molecule has 124 valence electrons. The minimum Gasteiger partial charge on any atom is -0.336 e. The van der Waals surface area contributed by atoms with Gasteiger partial charge in [-0.3, -0.25) is 4.79 Å². The monoisotopic (exact) mass is 333 g/mol. The Morgan fingerprint density at radius 1 is 0.957 bits per heavy atom. The third-order valence-corrected chi connectivity index (χ3v) is 8.10. The number of carbonyl (C=O) groups is 1. The topological polar surface area (TPSA) is 54.5 Å². The molecule has 5 heteroatoms. The molecule has 2 heterocycles. The number of hydrogen-bond acceptors (Lipinski definition) is 3. The molecule has 2 bridgehead atoms. The summed E-state index contributed by atoms with van der Waals surface area (Å²) in [7, 11) is -3.29. The molecule has 0 spiro atoms. The van der Waals surface area contributed by atoms with Crippen LogP contribution in [0.2, 0.25) is 0 Å². The quantitative estimate of drug-likeness (QED) is 0.855. The second-order valence-electron chi connectivity index (χ2n) is 7.21. The van der Waals surface area contributed by atoms with Crippen LogP contribution in [0.3, 0.4) is 0 Å². The van der Waals surface area contributed by atoms with E-state index in [1.54, 1.807) is 24.3 Å². The molecular formula is C18H23NO3S. The largest absolute Gasteiger partial charge is 0.336 e. The Morgan fingerprint density at radius 3 is 2.09 bits per heavy atom. The Morgan fingerprint density at radius 2 is 1.57 bits per heavy atom. The van der Waals surface area contributed by atoms with Crippen LogP contribution in [0.15, 0.2) is 35.2 Å². The lowest BCUT2D eigenvalue weighted by molar-refractivity contribution is -0.142. The molecule has 1 aromatic carbocycles. The Kier molecular flexibility index (Phi) is 3.71. The van der Waals surface area contributed by atoms with E-state index in [0.717, 1.165) is 32.1 Å². The Balaban J connectivity index is 1.54. The molecule has 1 saturated carbocycles. The first-order chi connectivity index (χ1) is 11.1. The third kappa shape index (κ3) is 2.49. The highest BCUT2D eigenvalue weighted by molar-refractivity contribution is 7.92. The SMILES string of the molecule is O=C(C1CCC1)N1[C@H]2CC[C@H]1CC(S(=O)(=O)c1ccccc1)C2. The van der Waals surface area contributed by atoms with Crippen molar-refractivity contribution in [1.82, 2.24) is 4.90 Å². The lowest BCUT2D eigenvalue weighted by Crippen LogP contribution is -2.52. The zero-order valence-electron chi connectivity index (χ0n) is 13.2. The number of sulfone groups is 1. The van der Waals surface area contributed by atoms with Crippen molar-refractivity contribution in [3.05, 3.63) is 30.3 Å². The number of hydrogen-bond donors (Lipinski definition) is 0. The maximum atomic E-state index is 12.9. The summed E-state index contributed by atoms with van der Waals surface area (Å²) in [6.45, 7) is 0. The van der Waals surface area contributed by atoms with Crippen LogP contribution in [-0.2, 0) is 14.6 Å². The van der Waals surface area contributed by atoms with Crippen molar-refractivity contribution in [3.63, 3.8) is 0 Å². The molecule has 3 fully saturated rings. The van der Waals surface area contributed by atoms with Crippen molar-refractivity contribution in [3.8, 4) is 0 Å². The summed E-state index contributed by atoms with van der Waals surface area (Å²) in [5.74, 6) is 0.500. The molecule has 2 saturated heterocycles. The van der Waals surface area contributed by atoms with Gasteiger partial charge < -0.3 is 4.90 Å². The van der Waals surface area contributed by atoms with E-state index >= 15 is 0 Å². The number of amides is 1. The average molecular weight is 333 g/mol. The van der Waals surface area contributed by atoms with E-state index < -0.39 is 9.84 Å². The predicted molar refractivity (Wildman–Crippen MR) is 87.6 cm³/mol. The zero-order valence-corrected chi connectivity index (χ0v) is 14.0. The molecule has 0 aromatic heterocycles. The van der Waals surface area contributed by atoms with Crippen LogP contribution in [0.25, 0.3) is 0 Å². The van der Waals surface area contributed by atoms with Gasteiger partial charge in [-0.05, 0) is 50.7 Å². The molecule has 4 rings (SSSR count). The van der Waals surface area contributed by atoms with Gasteiger partial charge in [-0.1, -0.05) is 24.6 Å². The van der Waals surface area contributed by atoms with Crippen molar-refractivity contribution in [1.29, 1.82) is 0 Å². The van der Waals surface area contributed by atoms with Gasteiger partial charge in [0.25, 0.3) is 0 Å². The maximum absolute atomic E-state index is 12.9. The van der Waals surface area contributed by atoms with Gasteiger partial charge in [0, 0.05) is 18.0 Å². The van der Waals surface area contributed by atoms with Crippen LogP contribution < -0.4 is 0 Å². The van der Waals surface area contributed by atoms with Gasteiger partial charge in [-0.25, -0.2) is 8.42 Å². The molecule has 0 unspecified atom stereocenters. The first-order valence-corrected chi connectivity index (χ1v) is 10.2. The Labute approximate surface area is 137 Å². The van der Waals surface area contributed by atoms with E-state index in [-0.39, 0.29) is 23.3 Å². The number of carbonyl (C=O) groups excluding carboxylic acids is 1. The van der Waals surface area contributed by atoms with Gasteiger partial charge in [0.2, 0.25) is 5.91 Å². The number of rotatable bonds is 3. The summed E-state index contributed by atoms with van der Waals surface area (Å²) in [4.78, 5) is 15.1. The molecular weight excluding hydrogens is 310 g/mol. The van der Waals surface area contributed by atoms with Gasteiger partial charge >= 0.3 is 0 Å². The van der Waals surface area contributed by atoms with Crippen LogP contribution in [0, 0.1) is 5.92 Å². The maximum Gasteiger partial charge on any atom is 0.226 e. The Hall–Kier alpha value is -1.36. The second kappa shape index (κ2) is 5.62. The number of nitrogens with zero attached hydrogens (tertiary/aromatic N) is 1. The van der Waals surface area contributed by atoms with E-state index in [1.165, 1.54) is 0 Å². The summed E-state index contributed by atoms with van der Waals surface area (Å²) in [6.07, 6.45) is 6.32. The van der Waals surface area contributed by atoms with Crippen molar-refractivity contribution in [2.45, 2.75) is 67.2 Å². The summed E-state index contributed by atoms with van der Waals surface area (Å²) in [5.41, 5.74) is 0. The van der Waals surface area contributed by atoms with Gasteiger partial charge in [-0.15, -0.1) is 0 Å². The molecule has 23 heavy (non-hydrogen) atoms. The average Bonchev–Trinajstić information content (AvgIpc) is 2.76. The molecule has 1 aliphatic carbocycles. The highest BCUT2D eigenvalue weighted by Gasteiger charge is 2.48. The lowest BCUT2D eigenvalue weighted by Gasteiger charge is -2.41.